The molecule has 0 fully saturated rings. The van der Waals surface area contributed by atoms with E-state index in [1.807, 2.05) is 11.0 Å². The average Bonchev–Trinajstić information content (AvgIpc) is 2.35. The fraction of sp³-hybridized carbons (Fsp3) is 0.824. The van der Waals surface area contributed by atoms with E-state index in [4.69, 9.17) is 0 Å². The summed E-state index contributed by atoms with van der Waals surface area (Å²) in [7, 11) is 0. The Morgan fingerprint density at radius 3 is 2.05 bits per heavy atom. The molecule has 0 rings (SSSR count). The van der Waals surface area contributed by atoms with Crippen LogP contribution >= 0.6 is 0 Å². The van der Waals surface area contributed by atoms with Crippen LogP contribution in [0.4, 0.5) is 0 Å². The molecule has 0 aliphatic heterocycles. The Bertz CT molecular complexity index is 231. The van der Waals surface area contributed by atoms with Gasteiger partial charge in [0.25, 0.3) is 0 Å². The summed E-state index contributed by atoms with van der Waals surface area (Å²) < 4.78 is 0. The fourth-order valence-electron chi connectivity index (χ4n) is 2.92. The summed E-state index contributed by atoms with van der Waals surface area (Å²) in [5.41, 5.74) is 0. The van der Waals surface area contributed by atoms with Crippen molar-refractivity contribution in [2.24, 2.45) is 11.8 Å². The number of hydrogen-bond acceptors (Lipinski definition) is 1. The third-order valence-corrected chi connectivity index (χ3v) is 3.69. The molecule has 1 unspecified atom stereocenters. The Morgan fingerprint density at radius 2 is 1.68 bits per heavy atom. The third kappa shape index (κ3) is 8.07. The number of amides is 1. The smallest absolute Gasteiger partial charge is 0.210 e. The minimum atomic E-state index is 0.374. The normalized spacial score (nSPS) is 12.7. The van der Waals surface area contributed by atoms with Gasteiger partial charge < -0.3 is 4.90 Å². The van der Waals surface area contributed by atoms with Crippen LogP contribution in [0.15, 0.2) is 12.7 Å². The quantitative estimate of drug-likeness (QED) is 0.372. The zero-order valence-electron chi connectivity index (χ0n) is 13.4. The Kier molecular flexibility index (Phi) is 10.6. The highest BCUT2D eigenvalue weighted by atomic mass is 16.1. The molecule has 112 valence electrons. The summed E-state index contributed by atoms with van der Waals surface area (Å²) in [6.45, 7) is 13.4. The zero-order valence-corrected chi connectivity index (χ0v) is 13.4. The van der Waals surface area contributed by atoms with Gasteiger partial charge in [0.05, 0.1) is 0 Å². The lowest BCUT2D eigenvalue weighted by molar-refractivity contribution is -0.120. The molecule has 0 aromatic heterocycles. The van der Waals surface area contributed by atoms with Gasteiger partial charge in [-0.1, -0.05) is 59.5 Å². The predicted molar refractivity (Wildman–Crippen MR) is 84.1 cm³/mol. The van der Waals surface area contributed by atoms with Crippen molar-refractivity contribution >= 4 is 6.41 Å². The molecule has 0 aliphatic rings. The van der Waals surface area contributed by atoms with Gasteiger partial charge in [-0.15, -0.1) is 6.58 Å². The standard InChI is InChI=1S/C17H33NO/c1-6-9-16(10-7-2)13-17(12-15(4)5)18(14-19)11-8-3/h8,14-17H,3,6-7,9-13H2,1-2,4-5H3. The van der Waals surface area contributed by atoms with Crippen LogP contribution in [0, 0.1) is 11.8 Å². The molecule has 0 N–H and O–H groups in total. The topological polar surface area (TPSA) is 20.3 Å². The van der Waals surface area contributed by atoms with Gasteiger partial charge in [0, 0.05) is 12.6 Å². The predicted octanol–water partition coefficient (Wildman–Crippen LogP) is 4.65. The molecule has 0 heterocycles. The Morgan fingerprint density at radius 1 is 1.11 bits per heavy atom. The summed E-state index contributed by atoms with van der Waals surface area (Å²) in [6, 6.07) is 0.374. The van der Waals surface area contributed by atoms with Crippen molar-refractivity contribution in [3.8, 4) is 0 Å². The minimum Gasteiger partial charge on any atom is -0.339 e. The summed E-state index contributed by atoms with van der Waals surface area (Å²) in [6.07, 6.45) is 10.1. The lowest BCUT2D eigenvalue weighted by atomic mass is 9.87. The van der Waals surface area contributed by atoms with Crippen LogP contribution in [0.1, 0.15) is 66.2 Å². The molecule has 2 nitrogen and oxygen atoms in total. The number of hydrogen-bond donors (Lipinski definition) is 0. The Hall–Kier alpha value is -0.790. The lowest BCUT2D eigenvalue weighted by Crippen LogP contribution is -2.37. The van der Waals surface area contributed by atoms with E-state index in [1.54, 1.807) is 0 Å². The molecule has 0 saturated heterocycles. The van der Waals surface area contributed by atoms with E-state index in [9.17, 15) is 4.79 Å². The minimum absolute atomic E-state index is 0.374. The van der Waals surface area contributed by atoms with E-state index in [0.717, 1.165) is 25.2 Å². The Labute approximate surface area is 120 Å². The number of nitrogens with zero attached hydrogens (tertiary/aromatic N) is 1. The molecule has 1 amide bonds. The summed E-state index contributed by atoms with van der Waals surface area (Å²) in [4.78, 5) is 13.2. The highest BCUT2D eigenvalue weighted by Crippen LogP contribution is 2.25. The molecule has 1 atom stereocenters. The molecule has 0 radical (unpaired) electrons. The van der Waals surface area contributed by atoms with E-state index in [1.165, 1.54) is 25.7 Å². The van der Waals surface area contributed by atoms with E-state index >= 15 is 0 Å². The first-order chi connectivity index (χ1) is 9.08. The van der Waals surface area contributed by atoms with Gasteiger partial charge in [-0.05, 0) is 24.7 Å². The first kappa shape index (κ1) is 18.2. The van der Waals surface area contributed by atoms with Gasteiger partial charge >= 0.3 is 0 Å². The Balaban J connectivity index is 4.69. The van der Waals surface area contributed by atoms with E-state index in [2.05, 4.69) is 34.3 Å². The summed E-state index contributed by atoms with van der Waals surface area (Å²) >= 11 is 0. The van der Waals surface area contributed by atoms with Crippen molar-refractivity contribution in [2.75, 3.05) is 6.54 Å². The van der Waals surface area contributed by atoms with Gasteiger partial charge in [0.1, 0.15) is 0 Å². The van der Waals surface area contributed by atoms with Crippen LogP contribution in [0.25, 0.3) is 0 Å². The molecule has 19 heavy (non-hydrogen) atoms. The SMILES string of the molecule is C=CCN(C=O)C(CC(C)C)CC(CCC)CCC. The maximum atomic E-state index is 11.3. The van der Waals surface area contributed by atoms with Gasteiger partial charge in [-0.25, -0.2) is 0 Å². The van der Waals surface area contributed by atoms with Crippen molar-refractivity contribution in [1.29, 1.82) is 0 Å². The highest BCUT2D eigenvalue weighted by Gasteiger charge is 2.21. The molecule has 0 saturated carbocycles. The number of carbonyl (C=O) groups is 1. The first-order valence-electron chi connectivity index (χ1n) is 7.90. The van der Waals surface area contributed by atoms with Crippen molar-refractivity contribution in [3.05, 3.63) is 12.7 Å². The monoisotopic (exact) mass is 267 g/mol. The van der Waals surface area contributed by atoms with Gasteiger partial charge in [0.2, 0.25) is 6.41 Å². The second kappa shape index (κ2) is 11.1. The fourth-order valence-corrected chi connectivity index (χ4v) is 2.92. The molecule has 0 spiro atoms. The van der Waals surface area contributed by atoms with E-state index in [0.29, 0.717) is 18.5 Å². The molecule has 0 aromatic rings. The van der Waals surface area contributed by atoms with Crippen LogP contribution in [0.5, 0.6) is 0 Å². The van der Waals surface area contributed by atoms with E-state index < -0.39 is 0 Å². The third-order valence-electron chi connectivity index (χ3n) is 3.69. The van der Waals surface area contributed by atoms with Gasteiger partial charge in [-0.2, -0.15) is 0 Å². The summed E-state index contributed by atoms with van der Waals surface area (Å²) in [5, 5.41) is 0. The maximum Gasteiger partial charge on any atom is 0.210 e. The van der Waals surface area contributed by atoms with Crippen LogP contribution in [0.3, 0.4) is 0 Å². The number of carbonyl (C=O) groups excluding carboxylic acids is 1. The highest BCUT2D eigenvalue weighted by molar-refractivity contribution is 5.48. The first-order valence-corrected chi connectivity index (χ1v) is 7.90. The summed E-state index contributed by atoms with van der Waals surface area (Å²) in [5.74, 6) is 1.38. The maximum absolute atomic E-state index is 11.3. The molecule has 0 aliphatic carbocycles. The van der Waals surface area contributed by atoms with Crippen molar-refractivity contribution in [3.63, 3.8) is 0 Å². The van der Waals surface area contributed by atoms with Crippen LogP contribution < -0.4 is 0 Å². The van der Waals surface area contributed by atoms with Gasteiger partial charge in [0.15, 0.2) is 0 Å². The van der Waals surface area contributed by atoms with Crippen LogP contribution in [0.2, 0.25) is 0 Å². The van der Waals surface area contributed by atoms with Crippen LogP contribution in [-0.2, 0) is 4.79 Å². The van der Waals surface area contributed by atoms with E-state index in [-0.39, 0.29) is 0 Å². The molecular formula is C17H33NO. The lowest BCUT2D eigenvalue weighted by Gasteiger charge is -2.32. The van der Waals surface area contributed by atoms with Crippen molar-refractivity contribution in [1.82, 2.24) is 4.90 Å². The molecule has 0 aromatic carbocycles. The largest absolute Gasteiger partial charge is 0.339 e. The van der Waals surface area contributed by atoms with Crippen molar-refractivity contribution in [2.45, 2.75) is 72.3 Å². The van der Waals surface area contributed by atoms with Crippen molar-refractivity contribution < 1.29 is 4.79 Å². The molecule has 2 heteroatoms. The molecular weight excluding hydrogens is 234 g/mol. The molecule has 0 bridgehead atoms. The second-order valence-electron chi connectivity index (χ2n) is 6.05. The van der Waals surface area contributed by atoms with Crippen LogP contribution in [-0.4, -0.2) is 23.9 Å². The number of rotatable bonds is 12. The zero-order chi connectivity index (χ0) is 14.7. The van der Waals surface area contributed by atoms with Gasteiger partial charge in [-0.3, -0.25) is 4.79 Å². The second-order valence-corrected chi connectivity index (χ2v) is 6.05. The average molecular weight is 267 g/mol.